The minimum atomic E-state index is -0.171. The third-order valence-corrected chi connectivity index (χ3v) is 19.3. The minimum absolute atomic E-state index is 0.00463. The molecule has 8 rings (SSSR count). The molecule has 6 saturated carbocycles. The second kappa shape index (κ2) is 13.6. The van der Waals surface area contributed by atoms with Gasteiger partial charge in [0.1, 0.15) is 5.78 Å². The van der Waals surface area contributed by atoms with E-state index >= 15 is 4.79 Å². The van der Waals surface area contributed by atoms with Crippen molar-refractivity contribution in [3.05, 3.63) is 48.0 Å². The monoisotopic (exact) mass is 710 g/mol. The molecule has 1 aromatic carbocycles. The van der Waals surface area contributed by atoms with E-state index in [1.807, 2.05) is 0 Å². The summed E-state index contributed by atoms with van der Waals surface area (Å²) in [5.74, 6) is 5.79. The number of aliphatic hydroxyl groups excluding tert-OH is 1. The summed E-state index contributed by atoms with van der Waals surface area (Å²) in [7, 11) is 0. The zero-order chi connectivity index (χ0) is 36.7. The number of carbonyl (C=O) groups is 1. The van der Waals surface area contributed by atoms with Gasteiger partial charge >= 0.3 is 0 Å². The standard InChI is InChI=1S/C49H75NO2/c1-33(2)38-17-24-49(43(52)31-36-13-14-37(30-36)32-50-27-20-35(21-28-50)29-34-11-9-8-10-12-34)26-25-47(6)39(44(38)49)15-16-41-46(5)22-19-42(51)45(3,4)40(46)18-23-48(41,47)7/h8-12,35-42,44,51H,1,13-32H2,2-7H3/t36-,37?,38+,39-,40+,41-,42+,44-,46+,47-,48-,49-/m1/s1. The van der Waals surface area contributed by atoms with Gasteiger partial charge in [-0.1, -0.05) is 77.1 Å². The molecule has 1 N–H and O–H groups in total. The number of likely N-dealkylation sites (tertiary alicyclic amines) is 1. The Bertz CT molecular complexity index is 1470. The first-order chi connectivity index (χ1) is 24.7. The van der Waals surface area contributed by atoms with Crippen molar-refractivity contribution in [2.75, 3.05) is 19.6 Å². The average Bonchev–Trinajstić information content (AvgIpc) is 3.73. The van der Waals surface area contributed by atoms with Gasteiger partial charge in [-0.2, -0.15) is 0 Å². The molecule has 0 bridgehead atoms. The number of hydrogen-bond donors (Lipinski definition) is 1. The van der Waals surface area contributed by atoms with Crippen molar-refractivity contribution in [2.24, 2.45) is 74.4 Å². The number of benzene rings is 1. The number of allylic oxidation sites excluding steroid dienone is 1. The first-order valence-electron chi connectivity index (χ1n) is 22.3. The van der Waals surface area contributed by atoms with Crippen LogP contribution in [0, 0.1) is 74.4 Å². The molecule has 0 spiro atoms. The second-order valence-corrected chi connectivity index (χ2v) is 21.8. The maximum absolute atomic E-state index is 15.0. The molecule has 1 heterocycles. The van der Waals surface area contributed by atoms with Gasteiger partial charge in [0.15, 0.2) is 0 Å². The molecule has 0 aromatic heterocycles. The quantitative estimate of drug-likeness (QED) is 0.273. The highest BCUT2D eigenvalue weighted by Gasteiger charge is 2.71. The highest BCUT2D eigenvalue weighted by molar-refractivity contribution is 5.86. The molecule has 3 nitrogen and oxygen atoms in total. The van der Waals surface area contributed by atoms with E-state index in [4.69, 9.17) is 0 Å². The van der Waals surface area contributed by atoms with E-state index in [0.29, 0.717) is 52.1 Å². The van der Waals surface area contributed by atoms with Crippen LogP contribution in [0.1, 0.15) is 150 Å². The van der Waals surface area contributed by atoms with Crippen molar-refractivity contribution < 1.29 is 9.90 Å². The number of nitrogens with zero attached hydrogens (tertiary/aromatic N) is 1. The van der Waals surface area contributed by atoms with Crippen LogP contribution in [0.3, 0.4) is 0 Å². The van der Waals surface area contributed by atoms with Crippen molar-refractivity contribution in [3.8, 4) is 0 Å². The van der Waals surface area contributed by atoms with E-state index < -0.39 is 0 Å². The van der Waals surface area contributed by atoms with E-state index in [0.717, 1.165) is 37.5 Å². The van der Waals surface area contributed by atoms with Crippen molar-refractivity contribution >= 4 is 5.78 Å². The second-order valence-electron chi connectivity index (χ2n) is 21.8. The third-order valence-electron chi connectivity index (χ3n) is 19.3. The van der Waals surface area contributed by atoms with Crippen LogP contribution in [0.25, 0.3) is 0 Å². The SMILES string of the molecule is C=C(C)[C@@H]1CC[C@]2(C(=O)C[C@@H]3CCC(CN4CCC(Cc5ccccc5)CC4)C3)CC[C@]3(C)[C@H](CC[C@@H]4[C@@]5(C)CC[C@H](O)C(C)(C)[C@@H]5CC[C@]43C)[C@@H]12. The first-order valence-corrected chi connectivity index (χ1v) is 22.3. The van der Waals surface area contributed by atoms with Gasteiger partial charge in [-0.15, -0.1) is 0 Å². The summed E-state index contributed by atoms with van der Waals surface area (Å²) in [4.78, 5) is 17.8. The molecule has 52 heavy (non-hydrogen) atoms. The lowest BCUT2D eigenvalue weighted by Crippen LogP contribution is -2.67. The fourth-order valence-corrected chi connectivity index (χ4v) is 16.3. The number of piperidine rings is 1. The van der Waals surface area contributed by atoms with Crippen LogP contribution < -0.4 is 0 Å². The fraction of sp³-hybridized carbons (Fsp3) is 0.816. The molecule has 7 fully saturated rings. The van der Waals surface area contributed by atoms with Crippen molar-refractivity contribution in [3.63, 3.8) is 0 Å². The van der Waals surface area contributed by atoms with Gasteiger partial charge in [0.25, 0.3) is 0 Å². The Balaban J connectivity index is 0.939. The Hall–Kier alpha value is -1.45. The lowest BCUT2D eigenvalue weighted by atomic mass is 9.32. The Morgan fingerprint density at radius 3 is 2.23 bits per heavy atom. The summed E-state index contributed by atoms with van der Waals surface area (Å²) >= 11 is 0. The Kier molecular flexibility index (Phi) is 9.83. The molecule has 1 aliphatic heterocycles. The van der Waals surface area contributed by atoms with Gasteiger partial charge in [-0.3, -0.25) is 4.79 Å². The van der Waals surface area contributed by atoms with Gasteiger partial charge in [0, 0.05) is 18.4 Å². The number of carbonyl (C=O) groups excluding carboxylic acids is 1. The lowest BCUT2D eigenvalue weighted by Gasteiger charge is -2.73. The summed E-state index contributed by atoms with van der Waals surface area (Å²) in [5, 5.41) is 11.2. The van der Waals surface area contributed by atoms with Crippen molar-refractivity contribution in [2.45, 2.75) is 157 Å². The molecule has 12 atom stereocenters. The summed E-state index contributed by atoms with van der Waals surface area (Å²) in [6, 6.07) is 11.1. The molecule has 0 amide bonds. The molecule has 0 radical (unpaired) electrons. The lowest BCUT2D eigenvalue weighted by molar-refractivity contribution is -0.246. The molecule has 1 saturated heterocycles. The van der Waals surface area contributed by atoms with E-state index in [-0.39, 0.29) is 22.3 Å². The predicted molar refractivity (Wildman–Crippen MR) is 215 cm³/mol. The normalized spacial score (nSPS) is 46.1. The highest BCUT2D eigenvalue weighted by atomic mass is 16.3. The Labute approximate surface area is 318 Å². The summed E-state index contributed by atoms with van der Waals surface area (Å²) < 4.78 is 0. The van der Waals surface area contributed by atoms with Crippen LogP contribution >= 0.6 is 0 Å². The van der Waals surface area contributed by atoms with Gasteiger partial charge in [0.2, 0.25) is 0 Å². The molecule has 1 unspecified atom stereocenters. The zero-order valence-corrected chi connectivity index (χ0v) is 34.2. The number of rotatable bonds is 8. The number of fused-ring (bicyclic) bond motifs is 7. The summed E-state index contributed by atoms with van der Waals surface area (Å²) in [5.41, 5.74) is 3.59. The maximum atomic E-state index is 15.0. The summed E-state index contributed by atoms with van der Waals surface area (Å²) in [6.45, 7) is 23.5. The van der Waals surface area contributed by atoms with Crippen LogP contribution in [0.15, 0.2) is 42.5 Å². The van der Waals surface area contributed by atoms with Gasteiger partial charge < -0.3 is 10.0 Å². The van der Waals surface area contributed by atoms with E-state index in [2.05, 4.69) is 83.4 Å². The van der Waals surface area contributed by atoms with E-state index in [1.165, 1.54) is 114 Å². The molecular formula is C49H75NO2. The average molecular weight is 710 g/mol. The number of Topliss-reactive ketones (excluding diaryl/α,β-unsaturated/α-hetero) is 1. The Morgan fingerprint density at radius 2 is 1.50 bits per heavy atom. The summed E-state index contributed by atoms with van der Waals surface area (Å²) in [6.07, 6.45) is 20.4. The Morgan fingerprint density at radius 1 is 0.769 bits per heavy atom. The third kappa shape index (κ3) is 5.89. The smallest absolute Gasteiger partial charge is 0.139 e. The molecule has 1 aromatic rings. The number of ketones is 1. The van der Waals surface area contributed by atoms with E-state index in [1.54, 1.807) is 0 Å². The fourth-order valence-electron chi connectivity index (χ4n) is 16.3. The van der Waals surface area contributed by atoms with Crippen LogP contribution in [0.5, 0.6) is 0 Å². The van der Waals surface area contributed by atoms with Gasteiger partial charge in [0.05, 0.1) is 6.10 Å². The van der Waals surface area contributed by atoms with Gasteiger partial charge in [-0.25, -0.2) is 0 Å². The first kappa shape index (κ1) is 37.5. The van der Waals surface area contributed by atoms with Crippen molar-refractivity contribution in [1.29, 1.82) is 0 Å². The van der Waals surface area contributed by atoms with Gasteiger partial charge in [-0.05, 0) is 197 Å². The minimum Gasteiger partial charge on any atom is -0.393 e. The molecule has 7 aliphatic rings. The molecule has 6 aliphatic carbocycles. The maximum Gasteiger partial charge on any atom is 0.139 e. The van der Waals surface area contributed by atoms with Crippen LogP contribution in [-0.2, 0) is 11.2 Å². The number of aliphatic hydroxyl groups is 1. The topological polar surface area (TPSA) is 40.5 Å². The largest absolute Gasteiger partial charge is 0.393 e. The van der Waals surface area contributed by atoms with Crippen LogP contribution in [-0.4, -0.2) is 41.5 Å². The molecular weight excluding hydrogens is 635 g/mol. The molecule has 288 valence electrons. The van der Waals surface area contributed by atoms with Crippen molar-refractivity contribution in [1.82, 2.24) is 4.90 Å². The number of hydrogen-bond acceptors (Lipinski definition) is 3. The molecule has 3 heteroatoms. The van der Waals surface area contributed by atoms with Crippen LogP contribution in [0.2, 0.25) is 0 Å². The van der Waals surface area contributed by atoms with E-state index in [9.17, 15) is 5.11 Å². The van der Waals surface area contributed by atoms with Crippen LogP contribution in [0.4, 0.5) is 0 Å². The zero-order valence-electron chi connectivity index (χ0n) is 34.2. The highest BCUT2D eigenvalue weighted by Crippen LogP contribution is 2.77. The predicted octanol–water partition coefficient (Wildman–Crippen LogP) is 11.3.